The van der Waals surface area contributed by atoms with Crippen molar-refractivity contribution in [3.05, 3.63) is 47.8 Å². The minimum atomic E-state index is 0.168. The second-order valence-electron chi connectivity index (χ2n) is 8.35. The summed E-state index contributed by atoms with van der Waals surface area (Å²) < 4.78 is 22.7. The predicted molar refractivity (Wildman–Crippen MR) is 122 cm³/mol. The molecule has 2 aliphatic rings. The molecule has 0 radical (unpaired) electrons. The van der Waals surface area contributed by atoms with Crippen LogP contribution in [-0.4, -0.2) is 63.5 Å². The molecule has 1 aromatic carbocycles. The lowest BCUT2D eigenvalue weighted by molar-refractivity contribution is -0.00632. The van der Waals surface area contributed by atoms with Gasteiger partial charge >= 0.3 is 0 Å². The first kappa shape index (κ1) is 22.8. The zero-order valence-electron chi connectivity index (χ0n) is 19.2. The van der Waals surface area contributed by atoms with Crippen LogP contribution < -0.4 is 25.1 Å². The molecule has 2 saturated heterocycles. The molecule has 0 amide bonds. The number of benzene rings is 1. The molecule has 2 N–H and O–H groups in total. The molecule has 2 unspecified atom stereocenters. The van der Waals surface area contributed by atoms with E-state index in [4.69, 9.17) is 18.9 Å². The van der Waals surface area contributed by atoms with E-state index in [0.717, 1.165) is 50.3 Å². The number of nitrogens with zero attached hydrogens (tertiary/aromatic N) is 2. The van der Waals surface area contributed by atoms with Crippen molar-refractivity contribution in [2.75, 3.05) is 47.5 Å². The minimum absolute atomic E-state index is 0.168. The van der Waals surface area contributed by atoms with Crippen LogP contribution in [0.15, 0.2) is 36.5 Å². The Balaban J connectivity index is 1.33. The molecule has 8 nitrogen and oxygen atoms in total. The molecule has 4 rings (SSSR count). The van der Waals surface area contributed by atoms with Gasteiger partial charge in [0.05, 0.1) is 45.8 Å². The van der Waals surface area contributed by atoms with Crippen LogP contribution in [-0.2, 0) is 11.3 Å². The third kappa shape index (κ3) is 5.32. The van der Waals surface area contributed by atoms with Gasteiger partial charge in [0.25, 0.3) is 0 Å². The number of likely N-dealkylation sites (tertiary alicyclic amines) is 1. The highest BCUT2D eigenvalue weighted by molar-refractivity contribution is 5.54. The summed E-state index contributed by atoms with van der Waals surface area (Å²) in [5.74, 6) is 2.41. The Kier molecular flexibility index (Phi) is 7.81. The summed E-state index contributed by atoms with van der Waals surface area (Å²) in [6.07, 6.45) is 4.22. The number of aromatic nitrogens is 1. The maximum Gasteiger partial charge on any atom is 0.203 e. The fourth-order valence-corrected chi connectivity index (χ4v) is 4.62. The first-order valence-corrected chi connectivity index (χ1v) is 11.2. The van der Waals surface area contributed by atoms with E-state index in [2.05, 4.69) is 20.7 Å². The van der Waals surface area contributed by atoms with E-state index in [1.807, 2.05) is 36.5 Å². The van der Waals surface area contributed by atoms with Crippen LogP contribution in [0.5, 0.6) is 17.2 Å². The molecule has 0 bridgehead atoms. The number of methoxy groups -OCH3 is 3. The van der Waals surface area contributed by atoms with Crippen LogP contribution in [0.4, 0.5) is 0 Å². The van der Waals surface area contributed by atoms with E-state index < -0.39 is 0 Å². The molecule has 2 fully saturated rings. The lowest BCUT2D eigenvalue weighted by Gasteiger charge is -2.34. The molecular formula is C24H34N4O4. The number of rotatable bonds is 9. The van der Waals surface area contributed by atoms with Crippen molar-refractivity contribution in [3.63, 3.8) is 0 Å². The van der Waals surface area contributed by atoms with Gasteiger partial charge in [-0.2, -0.15) is 0 Å². The van der Waals surface area contributed by atoms with Crippen LogP contribution in [0.25, 0.3) is 0 Å². The predicted octanol–water partition coefficient (Wildman–Crippen LogP) is 2.55. The SMILES string of the molecule is COc1cc(C2NNCC2CN2CCC(OCc3ccccn3)CC2)cc(OC)c1OC. The van der Waals surface area contributed by atoms with Crippen molar-refractivity contribution >= 4 is 0 Å². The normalized spacial score (nSPS) is 22.1. The van der Waals surface area contributed by atoms with E-state index in [-0.39, 0.29) is 6.04 Å². The van der Waals surface area contributed by atoms with E-state index in [1.165, 1.54) is 0 Å². The molecule has 2 atom stereocenters. The summed E-state index contributed by atoms with van der Waals surface area (Å²) >= 11 is 0. The number of nitrogens with one attached hydrogen (secondary N) is 2. The van der Waals surface area contributed by atoms with Crippen molar-refractivity contribution in [2.24, 2.45) is 5.92 Å². The quantitative estimate of drug-likeness (QED) is 0.614. The van der Waals surface area contributed by atoms with Crippen LogP contribution in [0.1, 0.15) is 30.1 Å². The van der Waals surface area contributed by atoms with E-state index in [9.17, 15) is 0 Å². The molecule has 2 aromatic rings. The highest BCUT2D eigenvalue weighted by Gasteiger charge is 2.32. The molecule has 3 heterocycles. The zero-order chi connectivity index (χ0) is 22.3. The van der Waals surface area contributed by atoms with Crippen molar-refractivity contribution in [3.8, 4) is 17.2 Å². The Labute approximate surface area is 190 Å². The van der Waals surface area contributed by atoms with Crippen LogP contribution >= 0.6 is 0 Å². The van der Waals surface area contributed by atoms with Crippen molar-refractivity contribution in [1.29, 1.82) is 0 Å². The Bertz CT molecular complexity index is 833. The lowest BCUT2D eigenvalue weighted by atomic mass is 9.93. The Morgan fingerprint density at radius 1 is 1.03 bits per heavy atom. The molecule has 32 heavy (non-hydrogen) atoms. The van der Waals surface area contributed by atoms with Gasteiger partial charge in [0, 0.05) is 38.3 Å². The maximum absolute atomic E-state index is 6.10. The third-order valence-corrected chi connectivity index (χ3v) is 6.36. The van der Waals surface area contributed by atoms with Crippen molar-refractivity contribution in [2.45, 2.75) is 31.6 Å². The first-order valence-electron chi connectivity index (χ1n) is 11.2. The molecular weight excluding hydrogens is 408 g/mol. The number of hydrazine groups is 1. The Hall–Kier alpha value is -2.39. The van der Waals surface area contributed by atoms with Gasteiger partial charge in [0.15, 0.2) is 11.5 Å². The van der Waals surface area contributed by atoms with Gasteiger partial charge in [0.2, 0.25) is 5.75 Å². The third-order valence-electron chi connectivity index (χ3n) is 6.36. The molecule has 0 saturated carbocycles. The molecule has 8 heteroatoms. The van der Waals surface area contributed by atoms with Crippen LogP contribution in [0.2, 0.25) is 0 Å². The highest BCUT2D eigenvalue weighted by Crippen LogP contribution is 2.41. The smallest absolute Gasteiger partial charge is 0.203 e. The number of ether oxygens (including phenoxy) is 4. The lowest BCUT2D eigenvalue weighted by Crippen LogP contribution is -2.41. The van der Waals surface area contributed by atoms with Gasteiger partial charge < -0.3 is 23.8 Å². The minimum Gasteiger partial charge on any atom is -0.493 e. The zero-order valence-corrected chi connectivity index (χ0v) is 19.2. The van der Waals surface area contributed by atoms with Gasteiger partial charge in [0.1, 0.15) is 0 Å². The first-order chi connectivity index (χ1) is 15.7. The van der Waals surface area contributed by atoms with E-state index in [1.54, 1.807) is 21.3 Å². The second-order valence-corrected chi connectivity index (χ2v) is 8.35. The van der Waals surface area contributed by atoms with Gasteiger partial charge in [-0.05, 0) is 42.7 Å². The summed E-state index contributed by atoms with van der Waals surface area (Å²) in [6, 6.07) is 10.2. The second kappa shape index (κ2) is 11.0. The number of hydrogen-bond donors (Lipinski definition) is 2. The van der Waals surface area contributed by atoms with Crippen LogP contribution in [0, 0.1) is 5.92 Å². The summed E-state index contributed by atoms with van der Waals surface area (Å²) in [6.45, 7) is 4.62. The summed E-state index contributed by atoms with van der Waals surface area (Å²) in [7, 11) is 4.93. The molecule has 174 valence electrons. The fourth-order valence-electron chi connectivity index (χ4n) is 4.62. The maximum atomic E-state index is 6.10. The van der Waals surface area contributed by atoms with Crippen LogP contribution in [0.3, 0.4) is 0 Å². The molecule has 2 aliphatic heterocycles. The average molecular weight is 443 g/mol. The fraction of sp³-hybridized carbons (Fsp3) is 0.542. The van der Waals surface area contributed by atoms with Gasteiger partial charge in [-0.15, -0.1) is 0 Å². The van der Waals surface area contributed by atoms with Gasteiger partial charge in [-0.1, -0.05) is 6.07 Å². The summed E-state index contributed by atoms with van der Waals surface area (Å²) in [5.41, 5.74) is 8.90. The largest absolute Gasteiger partial charge is 0.493 e. The van der Waals surface area contributed by atoms with Gasteiger partial charge in [-0.3, -0.25) is 10.4 Å². The van der Waals surface area contributed by atoms with E-state index in [0.29, 0.717) is 35.9 Å². The van der Waals surface area contributed by atoms with Crippen molar-refractivity contribution in [1.82, 2.24) is 20.7 Å². The Morgan fingerprint density at radius 2 is 1.78 bits per heavy atom. The standard InChI is InChI=1S/C24H34N4O4/c1-29-21-12-17(13-22(30-2)24(21)31-3)23-18(14-26-27-23)15-28-10-7-20(8-11-28)32-16-19-6-4-5-9-25-19/h4-6,9,12-13,18,20,23,26-27H,7-8,10-11,14-16H2,1-3H3. The van der Waals surface area contributed by atoms with Gasteiger partial charge in [-0.25, -0.2) is 5.43 Å². The topological polar surface area (TPSA) is 77.1 Å². The number of piperidine rings is 1. The summed E-state index contributed by atoms with van der Waals surface area (Å²) in [5, 5.41) is 0. The molecule has 0 aliphatic carbocycles. The van der Waals surface area contributed by atoms with Crippen molar-refractivity contribution < 1.29 is 18.9 Å². The number of pyridine rings is 1. The average Bonchev–Trinajstić information content (AvgIpc) is 3.31. The highest BCUT2D eigenvalue weighted by atomic mass is 16.5. The summed E-state index contributed by atoms with van der Waals surface area (Å²) in [4.78, 5) is 6.89. The molecule has 1 aromatic heterocycles. The number of hydrogen-bond acceptors (Lipinski definition) is 8. The molecule has 0 spiro atoms. The monoisotopic (exact) mass is 442 g/mol. The van der Waals surface area contributed by atoms with E-state index >= 15 is 0 Å². The Morgan fingerprint density at radius 3 is 2.41 bits per heavy atom.